The minimum atomic E-state index is -4.76. The summed E-state index contributed by atoms with van der Waals surface area (Å²) in [4.78, 5) is 93.2. The highest BCUT2D eigenvalue weighted by Gasteiger charge is 2.29. The molecule has 0 heterocycles. The molecule has 0 aliphatic carbocycles. The molecule has 0 rings (SSSR count). The second-order valence-electron chi connectivity index (χ2n) is 6.94. The van der Waals surface area contributed by atoms with Gasteiger partial charge in [0.1, 0.15) is 31.4 Å². The molecule has 0 aliphatic rings. The van der Waals surface area contributed by atoms with Gasteiger partial charge in [-0.1, -0.05) is 0 Å². The van der Waals surface area contributed by atoms with Crippen molar-refractivity contribution in [1.82, 2.24) is 20.9 Å². The lowest BCUT2D eigenvalue weighted by Crippen LogP contribution is -2.41. The maximum atomic E-state index is 11.4. The molecule has 19 nitrogen and oxygen atoms in total. The first-order valence-corrected chi connectivity index (χ1v) is 17.3. The Labute approximate surface area is 188 Å². The molecule has 0 aromatic rings. The maximum absolute atomic E-state index is 11.4. The molecule has 0 bridgehead atoms. The summed E-state index contributed by atoms with van der Waals surface area (Å²) in [6.07, 6.45) is -5.21. The second kappa shape index (κ2) is 13.8. The summed E-state index contributed by atoms with van der Waals surface area (Å²) in [6.45, 7) is -1.78. The van der Waals surface area contributed by atoms with Crippen molar-refractivity contribution in [2.45, 2.75) is 0 Å². The Morgan fingerprint density at radius 1 is 0.364 bits per heavy atom. The van der Waals surface area contributed by atoms with Crippen LogP contribution in [0.3, 0.4) is 0 Å². The molecule has 0 spiro atoms. The van der Waals surface area contributed by atoms with Gasteiger partial charge in [0, 0.05) is 26.2 Å². The van der Waals surface area contributed by atoms with E-state index in [1.165, 1.54) is 0 Å². The smallest absolute Gasteiger partial charge is 0.339 e. The summed E-state index contributed by atoms with van der Waals surface area (Å²) in [7, 11) is -23.8. The predicted octanol–water partition coefficient (Wildman–Crippen LogP) is -2.27. The third kappa shape index (κ3) is 24.1. The molecule has 24 heteroatoms. The fraction of sp³-hybridized carbons (Fsp3) is 1.00. The van der Waals surface area contributed by atoms with E-state index in [1.807, 2.05) is 0 Å². The van der Waals surface area contributed by atoms with E-state index in [9.17, 15) is 32.6 Å². The summed E-state index contributed by atoms with van der Waals surface area (Å²) in [6, 6.07) is 0. The van der Waals surface area contributed by atoms with Gasteiger partial charge in [-0.15, -0.1) is 0 Å². The molecular formula is C9H31N4O15P5. The molecule has 0 radical (unpaired) electrons. The van der Waals surface area contributed by atoms with Gasteiger partial charge >= 0.3 is 38.0 Å². The predicted molar refractivity (Wildman–Crippen MR) is 115 cm³/mol. The van der Waals surface area contributed by atoms with Crippen LogP contribution < -0.4 is 6.15 Å². The van der Waals surface area contributed by atoms with Crippen LogP contribution in [0.4, 0.5) is 0 Å². The van der Waals surface area contributed by atoms with E-state index in [2.05, 4.69) is 0 Å². The van der Waals surface area contributed by atoms with Gasteiger partial charge in [-0.25, -0.2) is 0 Å². The monoisotopic (exact) mass is 590 g/mol. The van der Waals surface area contributed by atoms with Crippen molar-refractivity contribution in [2.75, 3.05) is 57.6 Å². The molecule has 33 heavy (non-hydrogen) atoms. The fourth-order valence-electron chi connectivity index (χ4n) is 2.49. The average molecular weight is 590 g/mol. The van der Waals surface area contributed by atoms with Crippen molar-refractivity contribution >= 4 is 38.0 Å². The Bertz CT molecular complexity index is 724. The van der Waals surface area contributed by atoms with Crippen molar-refractivity contribution in [1.29, 1.82) is 0 Å². The van der Waals surface area contributed by atoms with E-state index in [0.29, 0.717) is 9.80 Å². The molecule has 0 saturated carbocycles. The molecule has 0 atom stereocenters. The normalized spacial score (nSPS) is 14.2. The Morgan fingerprint density at radius 3 is 0.697 bits per heavy atom. The molecular weight excluding hydrogens is 559 g/mol. The zero-order valence-electron chi connectivity index (χ0n) is 17.2. The first-order chi connectivity index (χ1) is 13.9. The van der Waals surface area contributed by atoms with Crippen LogP contribution in [0.2, 0.25) is 0 Å². The van der Waals surface area contributed by atoms with Crippen LogP contribution in [0.1, 0.15) is 0 Å². The Balaban J connectivity index is 0. The van der Waals surface area contributed by atoms with Crippen LogP contribution >= 0.6 is 38.0 Å². The summed E-state index contributed by atoms with van der Waals surface area (Å²) < 4.78 is 56.1. The average Bonchev–Trinajstić information content (AvgIpc) is 2.41. The van der Waals surface area contributed by atoms with Crippen LogP contribution in [0, 0.1) is 0 Å². The molecule has 0 aromatic heterocycles. The van der Waals surface area contributed by atoms with E-state index in [4.69, 9.17) is 39.1 Å². The molecule has 0 unspecified atom stereocenters. The fourth-order valence-corrected chi connectivity index (χ4v) is 6.66. The third-order valence-electron chi connectivity index (χ3n) is 3.39. The lowest BCUT2D eigenvalue weighted by molar-refractivity contribution is 0.198. The van der Waals surface area contributed by atoms with E-state index >= 15 is 0 Å². The highest BCUT2D eigenvalue weighted by Crippen LogP contribution is 2.42. The largest absolute Gasteiger partial charge is 0.344 e. The molecule has 13 N–H and O–H groups in total. The Kier molecular flexibility index (Phi) is 14.9. The minimum Gasteiger partial charge on any atom is -0.344 e. The summed E-state index contributed by atoms with van der Waals surface area (Å²) in [5.41, 5.74) is 0. The standard InChI is InChI=1S/C9H28N3O15P5.H3N/c13-28(14,15)5-10(1-3-11(6-29(16,17)18)7-30(19,20)21)2-4-12(8-31(22,23)24)9-32(25,26)27;/h1-9H2,(H2,13,14,15)(H2,16,17,18)(H2,19,20,21)(H2,22,23,24)(H2,25,26,27);1H3. The molecule has 0 aliphatic heterocycles. The Hall–Kier alpha value is 0.590. The molecule has 0 amide bonds. The lowest BCUT2D eigenvalue weighted by atomic mass is 10.4. The van der Waals surface area contributed by atoms with Crippen LogP contribution in [0.5, 0.6) is 0 Å². The van der Waals surface area contributed by atoms with Crippen LogP contribution in [0.25, 0.3) is 0 Å². The van der Waals surface area contributed by atoms with E-state index < -0.39 is 95.6 Å². The summed E-state index contributed by atoms with van der Waals surface area (Å²) in [5, 5.41) is 0. The topological polar surface area (TPSA) is 332 Å². The van der Waals surface area contributed by atoms with Gasteiger partial charge in [0.2, 0.25) is 0 Å². The van der Waals surface area contributed by atoms with Gasteiger partial charge in [0.05, 0.1) is 0 Å². The van der Waals surface area contributed by atoms with Gasteiger partial charge in [-0.05, 0) is 0 Å². The highest BCUT2D eigenvalue weighted by atomic mass is 31.2. The minimum absolute atomic E-state index is 0. The number of rotatable bonds is 16. The lowest BCUT2D eigenvalue weighted by Gasteiger charge is -2.30. The SMILES string of the molecule is N.O=P(O)(O)CN(CCN(CP(=O)(O)O)CP(=O)(O)O)CCN(CP(=O)(O)O)CP(=O)(O)O. The van der Waals surface area contributed by atoms with Crippen molar-refractivity contribution in [3.05, 3.63) is 0 Å². The van der Waals surface area contributed by atoms with E-state index in [-0.39, 0.29) is 6.15 Å². The van der Waals surface area contributed by atoms with Gasteiger partial charge in [0.15, 0.2) is 0 Å². The molecule has 0 fully saturated rings. The number of nitrogens with zero attached hydrogens (tertiary/aromatic N) is 3. The van der Waals surface area contributed by atoms with E-state index in [1.54, 1.807) is 0 Å². The van der Waals surface area contributed by atoms with Gasteiger partial charge < -0.3 is 55.1 Å². The molecule has 202 valence electrons. The summed E-state index contributed by atoms with van der Waals surface area (Å²) >= 11 is 0. The second-order valence-corrected chi connectivity index (χ2v) is 15.0. The number of hydrogen-bond donors (Lipinski definition) is 11. The van der Waals surface area contributed by atoms with Crippen molar-refractivity contribution in [3.63, 3.8) is 0 Å². The summed E-state index contributed by atoms with van der Waals surface area (Å²) in [5.74, 6) is 0. The Morgan fingerprint density at radius 2 is 0.515 bits per heavy atom. The van der Waals surface area contributed by atoms with Gasteiger partial charge in [-0.3, -0.25) is 37.5 Å². The van der Waals surface area contributed by atoms with Crippen molar-refractivity contribution < 1.29 is 71.8 Å². The molecule has 0 saturated heterocycles. The third-order valence-corrected chi connectivity index (χ3v) is 7.23. The first kappa shape index (κ1) is 35.8. The van der Waals surface area contributed by atoms with E-state index in [0.717, 1.165) is 4.90 Å². The van der Waals surface area contributed by atoms with Crippen LogP contribution in [-0.4, -0.2) is 121 Å². The first-order valence-electron chi connectivity index (χ1n) is 8.34. The highest BCUT2D eigenvalue weighted by molar-refractivity contribution is 7.53. The van der Waals surface area contributed by atoms with Gasteiger partial charge in [-0.2, -0.15) is 0 Å². The van der Waals surface area contributed by atoms with Crippen molar-refractivity contribution in [2.24, 2.45) is 0 Å². The van der Waals surface area contributed by atoms with Crippen LogP contribution in [-0.2, 0) is 22.8 Å². The number of hydrogen-bond acceptors (Lipinski definition) is 9. The van der Waals surface area contributed by atoms with Crippen LogP contribution in [0.15, 0.2) is 0 Å². The van der Waals surface area contributed by atoms with Gasteiger partial charge in [0.25, 0.3) is 0 Å². The molecule has 0 aromatic carbocycles. The quantitative estimate of drug-likeness (QED) is 0.0844. The van der Waals surface area contributed by atoms with Crippen molar-refractivity contribution in [3.8, 4) is 0 Å². The maximum Gasteiger partial charge on any atom is 0.339 e. The zero-order valence-corrected chi connectivity index (χ0v) is 21.6. The zero-order chi connectivity index (χ0) is 25.6.